The molecule has 0 fully saturated rings. The van der Waals surface area contributed by atoms with Gasteiger partial charge in [-0.1, -0.05) is 21.9 Å². The van der Waals surface area contributed by atoms with E-state index in [4.69, 9.17) is 11.6 Å². The number of anilines is 1. The van der Waals surface area contributed by atoms with Gasteiger partial charge in [-0.15, -0.1) is 0 Å². The lowest BCUT2D eigenvalue weighted by Crippen LogP contribution is -2.08. The van der Waals surface area contributed by atoms with Crippen LogP contribution in [0, 0.1) is 0 Å². The molecule has 0 aromatic carbocycles. The number of rotatable bonds is 1. The van der Waals surface area contributed by atoms with Gasteiger partial charge < -0.3 is 4.90 Å². The molecule has 0 saturated carbocycles. The number of hydrogen-bond donors (Lipinski definition) is 0. The third-order valence-electron chi connectivity index (χ3n) is 0.969. The van der Waals surface area contributed by atoms with Crippen LogP contribution in [0.3, 0.4) is 0 Å². The first-order valence-corrected chi connectivity index (χ1v) is 5.11. The fraction of sp³-hybridized carbons (Fsp3) is 0.400. The molecule has 1 aromatic rings. The normalized spacial score (nSPS) is 9.90. The molecule has 1 aromatic heterocycles. The van der Waals surface area contributed by atoms with Gasteiger partial charge in [-0.2, -0.15) is 0 Å². The molecular formula is C5H6ClNOS2. The lowest BCUT2D eigenvalue weighted by atomic mass is 10.6. The van der Waals surface area contributed by atoms with Crippen molar-refractivity contribution in [2.45, 2.75) is 0 Å². The first-order chi connectivity index (χ1) is 4.63. The summed E-state index contributed by atoms with van der Waals surface area (Å²) >= 11 is 5.67. The maximum atomic E-state index is 10.8. The van der Waals surface area contributed by atoms with E-state index >= 15 is 0 Å². The van der Waals surface area contributed by atoms with Crippen molar-refractivity contribution in [3.8, 4) is 0 Å². The SMILES string of the molecule is CN(C)c1ssc(=O)c1Cl. The summed E-state index contributed by atoms with van der Waals surface area (Å²) in [5.74, 6) is 0. The van der Waals surface area contributed by atoms with Gasteiger partial charge in [-0.25, -0.2) is 0 Å². The summed E-state index contributed by atoms with van der Waals surface area (Å²) in [6, 6.07) is 0. The average Bonchev–Trinajstić information content (AvgIpc) is 2.14. The Labute approximate surface area is 71.1 Å². The minimum atomic E-state index is -0.0460. The fourth-order valence-corrected chi connectivity index (χ4v) is 3.30. The van der Waals surface area contributed by atoms with E-state index in [1.54, 1.807) is 0 Å². The molecule has 0 aliphatic heterocycles. The van der Waals surface area contributed by atoms with Crippen LogP contribution in [-0.2, 0) is 0 Å². The van der Waals surface area contributed by atoms with E-state index < -0.39 is 0 Å². The quantitative estimate of drug-likeness (QED) is 0.638. The first-order valence-electron chi connectivity index (χ1n) is 2.59. The summed E-state index contributed by atoms with van der Waals surface area (Å²) in [7, 11) is 6.31. The second-order valence-corrected chi connectivity index (χ2v) is 4.44. The van der Waals surface area contributed by atoms with Crippen LogP contribution < -0.4 is 9.64 Å². The zero-order chi connectivity index (χ0) is 7.72. The van der Waals surface area contributed by atoms with Gasteiger partial charge in [0.25, 0.3) is 4.74 Å². The Morgan fingerprint density at radius 3 is 2.20 bits per heavy atom. The number of hydrogen-bond acceptors (Lipinski definition) is 4. The summed E-state index contributed by atoms with van der Waals surface area (Å²) in [5.41, 5.74) is 0. The Morgan fingerprint density at radius 2 is 2.00 bits per heavy atom. The van der Waals surface area contributed by atoms with E-state index in [-0.39, 0.29) is 4.74 Å². The maximum Gasteiger partial charge on any atom is 0.263 e. The summed E-state index contributed by atoms with van der Waals surface area (Å²) in [5, 5.41) is 1.19. The molecule has 1 heterocycles. The van der Waals surface area contributed by atoms with Crippen LogP contribution in [0.25, 0.3) is 0 Å². The first kappa shape index (κ1) is 8.04. The Morgan fingerprint density at radius 1 is 1.40 bits per heavy atom. The molecule has 0 saturated heterocycles. The summed E-state index contributed by atoms with van der Waals surface area (Å²) in [4.78, 5) is 12.7. The third kappa shape index (κ3) is 1.33. The molecule has 0 aliphatic carbocycles. The molecule has 56 valence electrons. The van der Waals surface area contributed by atoms with E-state index in [0.29, 0.717) is 5.02 Å². The lowest BCUT2D eigenvalue weighted by Gasteiger charge is -2.07. The van der Waals surface area contributed by atoms with E-state index in [1.807, 2.05) is 19.0 Å². The topological polar surface area (TPSA) is 20.3 Å². The number of halogens is 1. The standard InChI is InChI=1S/C5H6ClNOS2/c1-7(2)4-3(6)5(8)10-9-4/h1-2H3. The molecule has 1 rings (SSSR count). The van der Waals surface area contributed by atoms with Gasteiger partial charge in [0.05, 0.1) is 0 Å². The highest BCUT2D eigenvalue weighted by atomic mass is 35.5. The Bertz CT molecular complexity index is 277. The van der Waals surface area contributed by atoms with Crippen molar-refractivity contribution in [3.05, 3.63) is 14.6 Å². The summed E-state index contributed by atoms with van der Waals surface area (Å²) in [6.45, 7) is 0. The molecular weight excluding hydrogens is 190 g/mol. The highest BCUT2D eigenvalue weighted by molar-refractivity contribution is 7.70. The van der Waals surface area contributed by atoms with Gasteiger partial charge in [-0.05, 0) is 10.3 Å². The molecule has 0 radical (unpaired) electrons. The second-order valence-electron chi connectivity index (χ2n) is 1.97. The molecule has 10 heavy (non-hydrogen) atoms. The molecule has 2 nitrogen and oxygen atoms in total. The second kappa shape index (κ2) is 2.90. The molecule has 0 unspecified atom stereocenters. The van der Waals surface area contributed by atoms with Crippen molar-refractivity contribution in [2.75, 3.05) is 19.0 Å². The van der Waals surface area contributed by atoms with Gasteiger partial charge in [0.15, 0.2) is 0 Å². The molecule has 0 spiro atoms. The summed E-state index contributed by atoms with van der Waals surface area (Å²) < 4.78 is -0.0460. The highest BCUT2D eigenvalue weighted by Gasteiger charge is 2.08. The van der Waals surface area contributed by atoms with Crippen molar-refractivity contribution in [3.63, 3.8) is 0 Å². The molecule has 0 aliphatic rings. The monoisotopic (exact) mass is 195 g/mol. The minimum Gasteiger partial charge on any atom is -0.368 e. The Hall–Kier alpha value is -0.0600. The van der Waals surface area contributed by atoms with Crippen molar-refractivity contribution >= 4 is 37.3 Å². The maximum absolute atomic E-state index is 10.8. The van der Waals surface area contributed by atoms with Gasteiger partial charge in [0.1, 0.15) is 10.0 Å². The molecule has 5 heteroatoms. The van der Waals surface area contributed by atoms with Crippen LogP contribution in [-0.4, -0.2) is 14.1 Å². The largest absolute Gasteiger partial charge is 0.368 e. The average molecular weight is 196 g/mol. The Balaban J connectivity index is 3.18. The van der Waals surface area contributed by atoms with Crippen molar-refractivity contribution in [2.24, 2.45) is 0 Å². The van der Waals surface area contributed by atoms with Gasteiger partial charge in [0, 0.05) is 14.1 Å². The highest BCUT2D eigenvalue weighted by Crippen LogP contribution is 2.28. The lowest BCUT2D eigenvalue weighted by molar-refractivity contribution is 1.16. The molecule has 0 bridgehead atoms. The fourth-order valence-electron chi connectivity index (χ4n) is 0.509. The van der Waals surface area contributed by atoms with Gasteiger partial charge >= 0.3 is 0 Å². The van der Waals surface area contributed by atoms with Crippen LogP contribution in [0.1, 0.15) is 0 Å². The molecule has 0 atom stereocenters. The van der Waals surface area contributed by atoms with E-state index in [1.165, 1.54) is 20.7 Å². The predicted octanol–water partition coefficient (Wildman–Crippen LogP) is 1.89. The predicted molar refractivity (Wildman–Crippen MR) is 47.8 cm³/mol. The van der Waals surface area contributed by atoms with E-state index in [2.05, 4.69) is 0 Å². The van der Waals surface area contributed by atoms with Crippen molar-refractivity contribution < 1.29 is 0 Å². The number of nitrogens with zero attached hydrogens (tertiary/aromatic N) is 1. The zero-order valence-electron chi connectivity index (χ0n) is 5.55. The van der Waals surface area contributed by atoms with Crippen LogP contribution in [0.4, 0.5) is 5.00 Å². The minimum absolute atomic E-state index is 0.0460. The third-order valence-corrected chi connectivity index (χ3v) is 3.89. The van der Waals surface area contributed by atoms with E-state index in [9.17, 15) is 4.79 Å². The van der Waals surface area contributed by atoms with Crippen LogP contribution in [0.15, 0.2) is 4.79 Å². The van der Waals surface area contributed by atoms with Crippen molar-refractivity contribution in [1.82, 2.24) is 0 Å². The van der Waals surface area contributed by atoms with Crippen LogP contribution >= 0.6 is 32.3 Å². The van der Waals surface area contributed by atoms with Crippen LogP contribution in [0.2, 0.25) is 5.02 Å². The smallest absolute Gasteiger partial charge is 0.263 e. The molecule has 0 N–H and O–H groups in total. The van der Waals surface area contributed by atoms with Crippen LogP contribution in [0.5, 0.6) is 0 Å². The van der Waals surface area contributed by atoms with E-state index in [0.717, 1.165) is 5.00 Å². The van der Waals surface area contributed by atoms with Gasteiger partial charge in [0.2, 0.25) is 0 Å². The molecule has 0 amide bonds. The van der Waals surface area contributed by atoms with Crippen molar-refractivity contribution in [1.29, 1.82) is 0 Å². The zero-order valence-corrected chi connectivity index (χ0v) is 7.94. The summed E-state index contributed by atoms with van der Waals surface area (Å²) in [6.07, 6.45) is 0. The van der Waals surface area contributed by atoms with Gasteiger partial charge in [-0.3, -0.25) is 4.79 Å². The Kier molecular flexibility index (Phi) is 2.33.